The fourth-order valence-electron chi connectivity index (χ4n) is 3.21. The Morgan fingerprint density at radius 3 is 2.35 bits per heavy atom. The third-order valence-corrected chi connectivity index (χ3v) is 5.90. The first-order chi connectivity index (χ1) is 16.3. The van der Waals surface area contributed by atoms with Gasteiger partial charge in [-0.3, -0.25) is 4.79 Å². The van der Waals surface area contributed by atoms with Gasteiger partial charge in [0, 0.05) is 23.1 Å². The van der Waals surface area contributed by atoms with Gasteiger partial charge in [0.15, 0.2) is 5.76 Å². The number of ether oxygens (including phenoxy) is 4. The van der Waals surface area contributed by atoms with Crippen LogP contribution in [0.5, 0.6) is 11.5 Å². The maximum Gasteiger partial charge on any atom is 0.307 e. The van der Waals surface area contributed by atoms with Gasteiger partial charge in [-0.25, -0.2) is 0 Å². The molecule has 2 aromatic carbocycles. The van der Waals surface area contributed by atoms with Gasteiger partial charge in [-0.05, 0) is 48.2 Å². The molecule has 2 aromatic rings. The summed E-state index contributed by atoms with van der Waals surface area (Å²) in [4.78, 5) is 12.2. The van der Waals surface area contributed by atoms with E-state index in [1.165, 1.54) is 13.2 Å². The molecule has 0 fully saturated rings. The van der Waals surface area contributed by atoms with E-state index in [2.05, 4.69) is 39.5 Å². The summed E-state index contributed by atoms with van der Waals surface area (Å²) in [6, 6.07) is 13.9. The van der Waals surface area contributed by atoms with Crippen LogP contribution in [-0.4, -0.2) is 31.7 Å². The predicted molar refractivity (Wildman–Crippen MR) is 139 cm³/mol. The van der Waals surface area contributed by atoms with Crippen LogP contribution in [0.2, 0.25) is 0 Å². The zero-order valence-corrected chi connectivity index (χ0v) is 22.1. The van der Waals surface area contributed by atoms with Crippen molar-refractivity contribution >= 4 is 30.2 Å². The van der Waals surface area contributed by atoms with Crippen molar-refractivity contribution in [2.75, 3.05) is 25.7 Å². The van der Waals surface area contributed by atoms with Crippen molar-refractivity contribution in [2.24, 2.45) is 0 Å². The first kappa shape index (κ1) is 27.9. The highest BCUT2D eigenvalue weighted by Gasteiger charge is 2.24. The summed E-state index contributed by atoms with van der Waals surface area (Å²) in [5.41, 5.74) is 2.00. The quantitative estimate of drug-likeness (QED) is 0.0991. The van der Waals surface area contributed by atoms with Crippen LogP contribution in [0.4, 0.5) is 0 Å². The highest BCUT2D eigenvalue weighted by molar-refractivity contribution is 7.80. The van der Waals surface area contributed by atoms with E-state index >= 15 is 0 Å². The molecular formula is C27H35ClO5S. The number of halogens is 1. The van der Waals surface area contributed by atoms with E-state index < -0.39 is 5.97 Å². The first-order valence-corrected chi connectivity index (χ1v) is 12.5. The summed E-state index contributed by atoms with van der Waals surface area (Å²) in [6.45, 7) is 9.00. The summed E-state index contributed by atoms with van der Waals surface area (Å²) in [6.07, 6.45) is 4.20. The average Bonchev–Trinajstić information content (AvgIpc) is 2.81. The van der Waals surface area contributed by atoms with E-state index in [1.54, 1.807) is 0 Å². The van der Waals surface area contributed by atoms with Crippen LogP contribution in [-0.2, 0) is 19.7 Å². The zero-order valence-electron chi connectivity index (χ0n) is 20.4. The third kappa shape index (κ3) is 8.80. The summed E-state index contributed by atoms with van der Waals surface area (Å²) in [5, 5.41) is 0. The fourth-order valence-corrected chi connectivity index (χ4v) is 3.59. The second kappa shape index (κ2) is 14.2. The topological polar surface area (TPSA) is 54.0 Å². The van der Waals surface area contributed by atoms with Crippen LogP contribution in [0, 0.1) is 0 Å². The fraction of sp³-hybridized carbons (Fsp3) is 0.444. The largest absolute Gasteiger partial charge is 0.498 e. The van der Waals surface area contributed by atoms with E-state index in [0.717, 1.165) is 41.0 Å². The first-order valence-electron chi connectivity index (χ1n) is 11.5. The lowest BCUT2D eigenvalue weighted by Gasteiger charge is -2.27. The molecule has 0 aliphatic rings. The van der Waals surface area contributed by atoms with Crippen molar-refractivity contribution in [3.63, 3.8) is 0 Å². The molecule has 0 spiro atoms. The molecule has 0 aliphatic heterocycles. The molecular weight excluding hydrogens is 472 g/mol. The molecule has 0 radical (unpaired) electrons. The summed E-state index contributed by atoms with van der Waals surface area (Å²) in [5.74, 6) is 1.92. The summed E-state index contributed by atoms with van der Waals surface area (Å²) >= 11 is 10.3. The minimum Gasteiger partial charge on any atom is -0.498 e. The molecule has 7 heteroatoms. The molecule has 0 saturated heterocycles. The highest BCUT2D eigenvalue weighted by atomic mass is 35.5. The van der Waals surface area contributed by atoms with Gasteiger partial charge in [0.25, 0.3) is 0 Å². The van der Waals surface area contributed by atoms with Crippen molar-refractivity contribution in [3.05, 3.63) is 65.6 Å². The maximum atomic E-state index is 11.4. The van der Waals surface area contributed by atoms with Crippen LogP contribution in [0.15, 0.2) is 59.4 Å². The third-order valence-electron chi connectivity index (χ3n) is 5.28. The van der Waals surface area contributed by atoms with Crippen LogP contribution in [0.1, 0.15) is 58.1 Å². The standard InChI is InChI=1S/C27H35ClO5S/c1-5-6-15-30-18-24(33-20(2)29)19-32-23-11-8-21(9-12-23)27(3,4)22-10-13-25(26(34)17-22)31-16-7-14-28/h8-13,17-18,34H,5-7,14-16,19H2,1-4H3/b24-18-. The number of alkyl halides is 1. The van der Waals surface area contributed by atoms with Crippen LogP contribution < -0.4 is 9.47 Å². The number of benzene rings is 2. The Morgan fingerprint density at radius 1 is 1.03 bits per heavy atom. The number of esters is 1. The van der Waals surface area contributed by atoms with Crippen molar-refractivity contribution in [2.45, 2.75) is 57.3 Å². The summed E-state index contributed by atoms with van der Waals surface area (Å²) < 4.78 is 22.2. The van der Waals surface area contributed by atoms with Crippen LogP contribution in [0.3, 0.4) is 0 Å². The van der Waals surface area contributed by atoms with Gasteiger partial charge >= 0.3 is 5.97 Å². The Labute approximate surface area is 213 Å². The van der Waals surface area contributed by atoms with Gasteiger partial charge in [-0.1, -0.05) is 45.4 Å². The van der Waals surface area contributed by atoms with Crippen molar-refractivity contribution in [1.29, 1.82) is 0 Å². The Balaban J connectivity index is 2.05. The molecule has 0 aliphatic carbocycles. The van der Waals surface area contributed by atoms with Crippen molar-refractivity contribution < 1.29 is 23.7 Å². The minimum absolute atomic E-state index is 0.0998. The molecule has 0 saturated carbocycles. The molecule has 0 amide bonds. The Morgan fingerprint density at radius 2 is 1.74 bits per heavy atom. The van der Waals surface area contributed by atoms with Crippen molar-refractivity contribution in [1.82, 2.24) is 0 Å². The average molecular weight is 507 g/mol. The Hall–Kier alpha value is -2.31. The van der Waals surface area contributed by atoms with E-state index in [1.807, 2.05) is 36.4 Å². The molecule has 0 N–H and O–H groups in total. The normalized spacial score (nSPS) is 11.8. The molecule has 0 bridgehead atoms. The smallest absolute Gasteiger partial charge is 0.307 e. The molecule has 2 rings (SSSR count). The lowest BCUT2D eigenvalue weighted by atomic mass is 9.78. The number of hydrogen-bond acceptors (Lipinski definition) is 6. The molecule has 186 valence electrons. The van der Waals surface area contributed by atoms with Crippen molar-refractivity contribution in [3.8, 4) is 11.5 Å². The van der Waals surface area contributed by atoms with E-state index in [4.69, 9.17) is 30.5 Å². The number of hydrogen-bond donors (Lipinski definition) is 1. The van der Waals surface area contributed by atoms with Gasteiger partial charge in [-0.2, -0.15) is 0 Å². The van der Waals surface area contributed by atoms with E-state index in [-0.39, 0.29) is 12.0 Å². The summed E-state index contributed by atoms with van der Waals surface area (Å²) in [7, 11) is 0. The van der Waals surface area contributed by atoms with Gasteiger partial charge in [0.2, 0.25) is 0 Å². The molecule has 0 heterocycles. The second-order valence-corrected chi connectivity index (χ2v) is 9.27. The van der Waals surface area contributed by atoms with Crippen LogP contribution >= 0.6 is 24.2 Å². The SMILES string of the molecule is CCCCO/C=C(/COc1ccc(C(C)(C)c2ccc(OCCCCl)c(S)c2)cc1)OC(C)=O. The molecule has 0 atom stereocenters. The van der Waals surface area contributed by atoms with Crippen LogP contribution in [0.25, 0.3) is 0 Å². The predicted octanol–water partition coefficient (Wildman–Crippen LogP) is 6.91. The zero-order chi connectivity index (χ0) is 25.0. The van der Waals surface area contributed by atoms with Gasteiger partial charge in [-0.15, -0.1) is 24.2 Å². The van der Waals surface area contributed by atoms with E-state index in [0.29, 0.717) is 30.6 Å². The molecule has 0 aromatic heterocycles. The minimum atomic E-state index is -0.412. The lowest BCUT2D eigenvalue weighted by molar-refractivity contribution is -0.137. The number of thiol groups is 1. The number of rotatable bonds is 14. The van der Waals surface area contributed by atoms with Gasteiger partial charge < -0.3 is 18.9 Å². The van der Waals surface area contributed by atoms with E-state index in [9.17, 15) is 4.79 Å². The maximum absolute atomic E-state index is 11.4. The Kier molecular flexibility index (Phi) is 11.6. The van der Waals surface area contributed by atoms with Gasteiger partial charge in [0.05, 0.1) is 13.2 Å². The molecule has 34 heavy (non-hydrogen) atoms. The number of unbranched alkanes of at least 4 members (excludes halogenated alkanes) is 1. The monoisotopic (exact) mass is 506 g/mol. The molecule has 0 unspecified atom stereocenters. The highest BCUT2D eigenvalue weighted by Crippen LogP contribution is 2.36. The number of carbonyl (C=O) groups excluding carboxylic acids is 1. The second-order valence-electron chi connectivity index (χ2n) is 8.41. The lowest BCUT2D eigenvalue weighted by Crippen LogP contribution is -2.19. The Bertz CT molecular complexity index is 941. The molecule has 5 nitrogen and oxygen atoms in total. The number of carbonyl (C=O) groups is 1. The van der Waals surface area contributed by atoms with Gasteiger partial charge in [0.1, 0.15) is 24.4 Å².